The molecule has 2 fully saturated rings. The van der Waals surface area contributed by atoms with Crippen LogP contribution in [-0.2, 0) is 11.3 Å². The first-order valence-corrected chi connectivity index (χ1v) is 9.65. The van der Waals surface area contributed by atoms with Gasteiger partial charge in [-0.3, -0.25) is 4.79 Å². The summed E-state index contributed by atoms with van der Waals surface area (Å²) in [6, 6.07) is 5.60. The molecule has 27 heavy (non-hydrogen) atoms. The number of nitrogens with zero attached hydrogens (tertiary/aromatic N) is 2. The molecule has 3 amide bonds. The van der Waals surface area contributed by atoms with Crippen LogP contribution >= 0.6 is 0 Å². The number of carbonyl (C=O) groups is 2. The minimum atomic E-state index is -0.165. The molecule has 1 aromatic carbocycles. The first-order valence-electron chi connectivity index (χ1n) is 9.65. The summed E-state index contributed by atoms with van der Waals surface area (Å²) in [5.41, 5.74) is 0.867. The molecule has 2 aliphatic rings. The van der Waals surface area contributed by atoms with Gasteiger partial charge in [-0.1, -0.05) is 0 Å². The van der Waals surface area contributed by atoms with Crippen LogP contribution in [0.1, 0.15) is 31.2 Å². The third-order valence-electron chi connectivity index (χ3n) is 5.38. The number of urea groups is 1. The lowest BCUT2D eigenvalue weighted by molar-refractivity contribution is -0.126. The highest BCUT2D eigenvalue weighted by Crippen LogP contribution is 2.24. The normalized spacial score (nSPS) is 19.7. The lowest BCUT2D eigenvalue weighted by Crippen LogP contribution is -2.49. The maximum absolute atomic E-state index is 12.7. The molecule has 1 atom stereocenters. The fourth-order valence-corrected chi connectivity index (χ4v) is 3.82. The number of rotatable bonds is 5. The maximum Gasteiger partial charge on any atom is 0.320 e. The minimum absolute atomic E-state index is 0.0150. The van der Waals surface area contributed by atoms with Crippen LogP contribution in [0.25, 0.3) is 0 Å². The smallest absolute Gasteiger partial charge is 0.320 e. The Bertz CT molecular complexity index is 673. The molecule has 0 bridgehead atoms. The van der Waals surface area contributed by atoms with E-state index in [0.717, 1.165) is 56.6 Å². The highest BCUT2D eigenvalue weighted by molar-refractivity contribution is 5.81. The zero-order valence-electron chi connectivity index (χ0n) is 16.2. The Hall–Kier alpha value is -2.44. The van der Waals surface area contributed by atoms with E-state index in [9.17, 15) is 9.59 Å². The predicted octanol–water partition coefficient (Wildman–Crippen LogP) is 2.25. The Balaban J connectivity index is 1.57. The van der Waals surface area contributed by atoms with Crippen molar-refractivity contribution in [2.24, 2.45) is 5.92 Å². The van der Waals surface area contributed by atoms with E-state index in [1.54, 1.807) is 14.2 Å². The van der Waals surface area contributed by atoms with Crippen molar-refractivity contribution in [3.05, 3.63) is 23.8 Å². The zero-order valence-corrected chi connectivity index (χ0v) is 16.2. The molecule has 1 N–H and O–H groups in total. The Morgan fingerprint density at radius 1 is 1.07 bits per heavy atom. The van der Waals surface area contributed by atoms with Crippen LogP contribution in [0.5, 0.6) is 11.5 Å². The molecule has 0 saturated carbocycles. The summed E-state index contributed by atoms with van der Waals surface area (Å²) < 4.78 is 10.6. The van der Waals surface area contributed by atoms with Gasteiger partial charge in [-0.2, -0.15) is 0 Å². The van der Waals surface area contributed by atoms with Crippen molar-refractivity contribution < 1.29 is 19.1 Å². The summed E-state index contributed by atoms with van der Waals surface area (Å²) in [5, 5.41) is 3.00. The summed E-state index contributed by atoms with van der Waals surface area (Å²) in [6.07, 6.45) is 3.82. The lowest BCUT2D eigenvalue weighted by atomic mass is 9.97. The van der Waals surface area contributed by atoms with Gasteiger partial charge >= 0.3 is 6.03 Å². The highest BCUT2D eigenvalue weighted by Gasteiger charge is 2.31. The Morgan fingerprint density at radius 2 is 1.81 bits per heavy atom. The molecule has 7 heteroatoms. The molecule has 1 unspecified atom stereocenters. The van der Waals surface area contributed by atoms with E-state index in [4.69, 9.17) is 9.47 Å². The van der Waals surface area contributed by atoms with Crippen molar-refractivity contribution in [3.63, 3.8) is 0 Å². The molecule has 2 heterocycles. The van der Waals surface area contributed by atoms with Crippen LogP contribution in [-0.4, -0.2) is 62.1 Å². The maximum atomic E-state index is 12.7. The summed E-state index contributed by atoms with van der Waals surface area (Å²) in [6.45, 7) is 3.28. The molecule has 7 nitrogen and oxygen atoms in total. The summed E-state index contributed by atoms with van der Waals surface area (Å²) >= 11 is 0. The van der Waals surface area contributed by atoms with Gasteiger partial charge in [0.05, 0.1) is 20.1 Å². The van der Waals surface area contributed by atoms with E-state index >= 15 is 0 Å². The second-order valence-electron chi connectivity index (χ2n) is 7.16. The average molecular weight is 375 g/mol. The zero-order chi connectivity index (χ0) is 19.2. The molecular formula is C20H29N3O4. The summed E-state index contributed by atoms with van der Waals surface area (Å²) in [4.78, 5) is 29.0. The molecule has 2 saturated heterocycles. The standard InChI is InChI=1S/C20H29N3O4/c1-26-17-7-8-18(27-2)16(12-17)13-21-19(24)15-6-5-11-23(14-15)20(25)22-9-3-4-10-22/h7-8,12,15H,3-6,9-11,13-14H2,1-2H3,(H,21,24). The van der Waals surface area contributed by atoms with Gasteiger partial charge in [-0.25, -0.2) is 4.79 Å². The molecule has 0 aliphatic carbocycles. The van der Waals surface area contributed by atoms with Crippen LogP contribution < -0.4 is 14.8 Å². The van der Waals surface area contributed by atoms with Crippen molar-refractivity contribution in [2.45, 2.75) is 32.2 Å². The van der Waals surface area contributed by atoms with E-state index < -0.39 is 0 Å². The first-order chi connectivity index (χ1) is 13.1. The van der Waals surface area contributed by atoms with E-state index in [-0.39, 0.29) is 17.9 Å². The molecule has 2 aliphatic heterocycles. The second-order valence-corrected chi connectivity index (χ2v) is 7.16. The summed E-state index contributed by atoms with van der Waals surface area (Å²) in [5.74, 6) is 1.26. The first kappa shape index (κ1) is 19.3. The number of methoxy groups -OCH3 is 2. The van der Waals surface area contributed by atoms with Crippen molar-refractivity contribution in [3.8, 4) is 11.5 Å². The van der Waals surface area contributed by atoms with Crippen molar-refractivity contribution in [2.75, 3.05) is 40.4 Å². The second kappa shape index (κ2) is 8.97. The number of nitrogens with one attached hydrogen (secondary N) is 1. The van der Waals surface area contributed by atoms with Crippen LogP contribution in [0.3, 0.4) is 0 Å². The van der Waals surface area contributed by atoms with Crippen LogP contribution in [0.4, 0.5) is 4.79 Å². The van der Waals surface area contributed by atoms with E-state index in [2.05, 4.69) is 5.32 Å². The van der Waals surface area contributed by atoms with Crippen molar-refractivity contribution >= 4 is 11.9 Å². The number of amides is 3. The van der Waals surface area contributed by atoms with Gasteiger partial charge in [0.1, 0.15) is 11.5 Å². The van der Waals surface area contributed by atoms with Gasteiger partial charge in [-0.05, 0) is 43.9 Å². The average Bonchev–Trinajstić information content (AvgIpc) is 3.26. The van der Waals surface area contributed by atoms with E-state index in [1.807, 2.05) is 28.0 Å². The number of benzene rings is 1. The van der Waals surface area contributed by atoms with Crippen LogP contribution in [0.15, 0.2) is 18.2 Å². The number of likely N-dealkylation sites (tertiary alicyclic amines) is 2. The van der Waals surface area contributed by atoms with Gasteiger partial charge in [0.2, 0.25) is 5.91 Å². The molecule has 148 valence electrons. The molecule has 3 rings (SSSR count). The Kier molecular flexibility index (Phi) is 6.42. The number of carbonyl (C=O) groups excluding carboxylic acids is 2. The van der Waals surface area contributed by atoms with Gasteiger partial charge in [-0.15, -0.1) is 0 Å². The molecule has 0 radical (unpaired) electrons. The van der Waals surface area contributed by atoms with Gasteiger partial charge < -0.3 is 24.6 Å². The highest BCUT2D eigenvalue weighted by atomic mass is 16.5. The quantitative estimate of drug-likeness (QED) is 0.857. The lowest BCUT2D eigenvalue weighted by Gasteiger charge is -2.34. The van der Waals surface area contributed by atoms with Crippen LogP contribution in [0.2, 0.25) is 0 Å². The fraction of sp³-hybridized carbons (Fsp3) is 0.600. The summed E-state index contributed by atoms with van der Waals surface area (Å²) in [7, 11) is 3.22. The molecule has 1 aromatic rings. The molecular weight excluding hydrogens is 346 g/mol. The monoisotopic (exact) mass is 375 g/mol. The number of ether oxygens (including phenoxy) is 2. The Morgan fingerprint density at radius 3 is 2.52 bits per heavy atom. The molecule has 0 spiro atoms. The number of hydrogen-bond acceptors (Lipinski definition) is 4. The minimum Gasteiger partial charge on any atom is -0.497 e. The number of piperidine rings is 1. The van der Waals surface area contributed by atoms with Crippen molar-refractivity contribution in [1.82, 2.24) is 15.1 Å². The molecule has 0 aromatic heterocycles. The van der Waals surface area contributed by atoms with Crippen molar-refractivity contribution in [1.29, 1.82) is 0 Å². The number of hydrogen-bond donors (Lipinski definition) is 1. The van der Waals surface area contributed by atoms with E-state index in [1.165, 1.54) is 0 Å². The topological polar surface area (TPSA) is 71.1 Å². The Labute approximate surface area is 160 Å². The van der Waals surface area contributed by atoms with Gasteiger partial charge in [0, 0.05) is 38.3 Å². The predicted molar refractivity (Wildman–Crippen MR) is 102 cm³/mol. The third kappa shape index (κ3) is 4.64. The van der Waals surface area contributed by atoms with Gasteiger partial charge in [0.15, 0.2) is 0 Å². The SMILES string of the molecule is COc1ccc(OC)c(CNC(=O)C2CCCN(C(=O)N3CCCC3)C2)c1. The van der Waals surface area contributed by atoms with Gasteiger partial charge in [0.25, 0.3) is 0 Å². The fourth-order valence-electron chi connectivity index (χ4n) is 3.82. The third-order valence-corrected chi connectivity index (χ3v) is 5.38. The largest absolute Gasteiger partial charge is 0.497 e. The van der Waals surface area contributed by atoms with E-state index in [0.29, 0.717) is 18.8 Å². The van der Waals surface area contributed by atoms with Crippen LogP contribution in [0, 0.1) is 5.92 Å².